The van der Waals surface area contributed by atoms with Gasteiger partial charge in [-0.15, -0.1) is 11.8 Å². The first-order valence-corrected chi connectivity index (χ1v) is 10.2. The maximum absolute atomic E-state index is 12.6. The Kier molecular flexibility index (Phi) is 5.21. The van der Waals surface area contributed by atoms with E-state index in [9.17, 15) is 9.59 Å². The minimum atomic E-state index is -0.301. The summed E-state index contributed by atoms with van der Waals surface area (Å²) < 4.78 is 5.14. The van der Waals surface area contributed by atoms with E-state index < -0.39 is 0 Å². The Hall–Kier alpha value is -2.99. The van der Waals surface area contributed by atoms with Gasteiger partial charge in [0.15, 0.2) is 5.76 Å². The van der Waals surface area contributed by atoms with E-state index in [0.29, 0.717) is 11.4 Å². The molecule has 2 amide bonds. The molecule has 1 aromatic heterocycles. The average Bonchev–Trinajstić information content (AvgIpc) is 3.38. The number of nitrogens with one attached hydrogen (secondary N) is 1. The summed E-state index contributed by atoms with van der Waals surface area (Å²) in [5, 5.41) is 2.72. The van der Waals surface area contributed by atoms with Gasteiger partial charge in [-0.1, -0.05) is 31.2 Å². The predicted molar refractivity (Wildman–Crippen MR) is 112 cm³/mol. The summed E-state index contributed by atoms with van der Waals surface area (Å²) in [4.78, 5) is 26.7. The molecule has 0 unspecified atom stereocenters. The van der Waals surface area contributed by atoms with Crippen molar-refractivity contribution < 1.29 is 14.0 Å². The average molecular weight is 392 g/mol. The molecule has 0 radical (unpaired) electrons. The van der Waals surface area contributed by atoms with Crippen LogP contribution in [0.1, 0.15) is 34.0 Å². The van der Waals surface area contributed by atoms with E-state index in [-0.39, 0.29) is 22.9 Å². The molecule has 5 nitrogen and oxygen atoms in total. The van der Waals surface area contributed by atoms with Crippen molar-refractivity contribution in [2.24, 2.45) is 0 Å². The van der Waals surface area contributed by atoms with Gasteiger partial charge in [0, 0.05) is 11.4 Å². The molecule has 28 heavy (non-hydrogen) atoms. The third-order valence-electron chi connectivity index (χ3n) is 4.64. The fourth-order valence-electron chi connectivity index (χ4n) is 3.25. The van der Waals surface area contributed by atoms with E-state index in [1.54, 1.807) is 23.9 Å². The fourth-order valence-corrected chi connectivity index (χ4v) is 4.41. The highest BCUT2D eigenvalue weighted by molar-refractivity contribution is 8.00. The van der Waals surface area contributed by atoms with Gasteiger partial charge in [0.1, 0.15) is 5.37 Å². The van der Waals surface area contributed by atoms with Crippen LogP contribution in [-0.4, -0.2) is 17.6 Å². The lowest BCUT2D eigenvalue weighted by atomic mass is 10.1. The molecule has 0 spiro atoms. The minimum absolute atomic E-state index is 0.0910. The van der Waals surface area contributed by atoms with Crippen molar-refractivity contribution in [3.63, 3.8) is 0 Å². The van der Waals surface area contributed by atoms with Gasteiger partial charge < -0.3 is 9.73 Å². The molecule has 0 saturated carbocycles. The molecule has 1 aliphatic heterocycles. The van der Waals surface area contributed by atoms with Gasteiger partial charge in [0.25, 0.3) is 5.91 Å². The summed E-state index contributed by atoms with van der Waals surface area (Å²) in [6.07, 6.45) is 2.39. The Morgan fingerprint density at radius 1 is 1.18 bits per heavy atom. The zero-order valence-corrected chi connectivity index (χ0v) is 16.2. The van der Waals surface area contributed by atoms with E-state index in [1.807, 2.05) is 41.3 Å². The summed E-state index contributed by atoms with van der Waals surface area (Å²) in [6, 6.07) is 19.0. The lowest BCUT2D eigenvalue weighted by Gasteiger charge is -2.25. The molecule has 142 valence electrons. The van der Waals surface area contributed by atoms with Gasteiger partial charge in [0.2, 0.25) is 5.91 Å². The van der Waals surface area contributed by atoms with Crippen LogP contribution in [0.5, 0.6) is 0 Å². The zero-order valence-electron chi connectivity index (χ0n) is 15.4. The number of rotatable bonds is 5. The Bertz CT molecular complexity index is 1000. The summed E-state index contributed by atoms with van der Waals surface area (Å²) >= 11 is 1.59. The molecule has 6 heteroatoms. The van der Waals surface area contributed by atoms with Crippen molar-refractivity contribution in [1.29, 1.82) is 0 Å². The van der Waals surface area contributed by atoms with Crippen LogP contribution in [0.2, 0.25) is 0 Å². The number of furan rings is 1. The molecule has 1 saturated heterocycles. The standard InChI is InChI=1S/C22H20N2O3S/c1-2-15-6-3-9-18(12-15)24-20(25)14-28-22(24)16-7-4-8-17(13-16)23-21(26)19-10-5-11-27-19/h3-13,22H,2,14H2,1H3,(H,23,26)/t22-/m0/s1. The molecule has 3 aromatic rings. The molecule has 1 aliphatic rings. The van der Waals surface area contributed by atoms with Crippen LogP contribution < -0.4 is 10.2 Å². The van der Waals surface area contributed by atoms with Crippen LogP contribution in [0.15, 0.2) is 71.3 Å². The second kappa shape index (κ2) is 7.94. The number of benzene rings is 2. The van der Waals surface area contributed by atoms with Crippen LogP contribution in [0.25, 0.3) is 0 Å². The number of aryl methyl sites for hydroxylation is 1. The maximum Gasteiger partial charge on any atom is 0.291 e. The number of hydrogen-bond acceptors (Lipinski definition) is 4. The first kappa shape index (κ1) is 18.4. The maximum atomic E-state index is 12.6. The number of thioether (sulfide) groups is 1. The van der Waals surface area contributed by atoms with E-state index in [1.165, 1.54) is 11.8 Å². The van der Waals surface area contributed by atoms with E-state index in [4.69, 9.17) is 4.42 Å². The molecule has 0 aliphatic carbocycles. The van der Waals surface area contributed by atoms with Crippen molar-refractivity contribution in [2.45, 2.75) is 18.7 Å². The van der Waals surface area contributed by atoms with E-state index >= 15 is 0 Å². The number of nitrogens with zero attached hydrogens (tertiary/aromatic N) is 1. The number of anilines is 2. The number of amides is 2. The highest BCUT2D eigenvalue weighted by Gasteiger charge is 2.34. The number of carbonyl (C=O) groups is 2. The lowest BCUT2D eigenvalue weighted by molar-refractivity contribution is -0.115. The summed E-state index contributed by atoms with van der Waals surface area (Å²) in [7, 11) is 0. The van der Waals surface area contributed by atoms with Crippen molar-refractivity contribution in [3.8, 4) is 0 Å². The molecule has 1 fully saturated rings. The van der Waals surface area contributed by atoms with Gasteiger partial charge in [-0.2, -0.15) is 0 Å². The molecule has 1 atom stereocenters. The quantitative estimate of drug-likeness (QED) is 0.673. The van der Waals surface area contributed by atoms with Gasteiger partial charge in [-0.3, -0.25) is 14.5 Å². The summed E-state index contributed by atoms with van der Waals surface area (Å²) in [5.74, 6) is 0.483. The Morgan fingerprint density at radius 3 is 2.82 bits per heavy atom. The SMILES string of the molecule is CCc1cccc(N2C(=O)CS[C@H]2c2cccc(NC(=O)c3ccco3)c2)c1. The predicted octanol–water partition coefficient (Wildman–Crippen LogP) is 4.87. The molecular weight excluding hydrogens is 372 g/mol. The largest absolute Gasteiger partial charge is 0.459 e. The van der Waals surface area contributed by atoms with Crippen molar-refractivity contribution in [3.05, 3.63) is 83.8 Å². The van der Waals surface area contributed by atoms with Crippen molar-refractivity contribution in [1.82, 2.24) is 0 Å². The summed E-state index contributed by atoms with van der Waals surface area (Å²) in [6.45, 7) is 2.10. The second-order valence-corrected chi connectivity index (χ2v) is 7.58. The van der Waals surface area contributed by atoms with Gasteiger partial charge in [-0.25, -0.2) is 0 Å². The Labute approximate surface area is 167 Å². The van der Waals surface area contributed by atoms with Crippen LogP contribution in [0, 0.1) is 0 Å². The van der Waals surface area contributed by atoms with Crippen LogP contribution in [-0.2, 0) is 11.2 Å². The van der Waals surface area contributed by atoms with Crippen molar-refractivity contribution >= 4 is 35.0 Å². The monoisotopic (exact) mass is 392 g/mol. The van der Waals surface area contributed by atoms with Crippen LogP contribution >= 0.6 is 11.8 Å². The zero-order chi connectivity index (χ0) is 19.5. The normalized spacial score (nSPS) is 16.4. The third-order valence-corrected chi connectivity index (χ3v) is 5.85. The van der Waals surface area contributed by atoms with Gasteiger partial charge >= 0.3 is 0 Å². The van der Waals surface area contributed by atoms with Crippen LogP contribution in [0.3, 0.4) is 0 Å². The smallest absolute Gasteiger partial charge is 0.291 e. The molecular formula is C22H20N2O3S. The minimum Gasteiger partial charge on any atom is -0.459 e. The Balaban J connectivity index is 1.60. The fraction of sp³-hybridized carbons (Fsp3) is 0.182. The van der Waals surface area contributed by atoms with Crippen molar-refractivity contribution in [2.75, 3.05) is 16.0 Å². The topological polar surface area (TPSA) is 62.6 Å². The van der Waals surface area contributed by atoms with E-state index in [0.717, 1.165) is 17.7 Å². The molecule has 4 rings (SSSR count). The Morgan fingerprint density at radius 2 is 2.04 bits per heavy atom. The molecule has 2 aromatic carbocycles. The lowest BCUT2D eigenvalue weighted by Crippen LogP contribution is -2.28. The highest BCUT2D eigenvalue weighted by atomic mass is 32.2. The van der Waals surface area contributed by atoms with E-state index in [2.05, 4.69) is 24.4 Å². The first-order chi connectivity index (χ1) is 13.7. The molecule has 2 heterocycles. The third kappa shape index (κ3) is 3.68. The number of hydrogen-bond donors (Lipinski definition) is 1. The number of carbonyl (C=O) groups excluding carboxylic acids is 2. The first-order valence-electron chi connectivity index (χ1n) is 9.13. The summed E-state index contributed by atoms with van der Waals surface area (Å²) in [5.41, 5.74) is 3.74. The molecule has 0 bridgehead atoms. The second-order valence-electron chi connectivity index (χ2n) is 6.51. The van der Waals surface area contributed by atoms with Crippen LogP contribution in [0.4, 0.5) is 11.4 Å². The van der Waals surface area contributed by atoms with Gasteiger partial charge in [0.05, 0.1) is 12.0 Å². The van der Waals surface area contributed by atoms with Gasteiger partial charge in [-0.05, 0) is 53.9 Å². The molecule has 1 N–H and O–H groups in total. The highest BCUT2D eigenvalue weighted by Crippen LogP contribution is 2.42.